The van der Waals surface area contributed by atoms with Gasteiger partial charge in [0.05, 0.1) is 40.9 Å². The molecular formula is C45H39BrF12N2O6. The second-order valence-electron chi connectivity index (χ2n) is 15.2. The van der Waals surface area contributed by atoms with Gasteiger partial charge in [0, 0.05) is 24.6 Å². The molecule has 2 aliphatic carbocycles. The van der Waals surface area contributed by atoms with Crippen LogP contribution in [-0.2, 0) is 69.8 Å². The van der Waals surface area contributed by atoms with Gasteiger partial charge in [-0.1, -0.05) is 40.2 Å². The van der Waals surface area contributed by atoms with Crippen LogP contribution >= 0.6 is 15.9 Å². The van der Waals surface area contributed by atoms with Crippen LogP contribution in [0.15, 0.2) is 83.3 Å². The molecule has 0 spiro atoms. The molecule has 2 unspecified atom stereocenters. The van der Waals surface area contributed by atoms with E-state index in [1.807, 2.05) is 24.3 Å². The smallest absolute Gasteiger partial charge is 0.416 e. The zero-order valence-electron chi connectivity index (χ0n) is 34.9. The lowest BCUT2D eigenvalue weighted by Crippen LogP contribution is -2.30. The summed E-state index contributed by atoms with van der Waals surface area (Å²) in [6, 6.07) is 12.6. The highest BCUT2D eigenvalue weighted by molar-refractivity contribution is 9.10. The van der Waals surface area contributed by atoms with Crippen LogP contribution in [0.5, 0.6) is 0 Å². The number of carbonyl (C=O) groups excluding carboxylic acids is 3. The van der Waals surface area contributed by atoms with E-state index in [0.29, 0.717) is 43.5 Å². The third kappa shape index (κ3) is 13.2. The molecule has 6 rings (SSSR count). The molecule has 2 atom stereocenters. The number of hydrogen-bond donors (Lipinski definition) is 0. The zero-order valence-corrected chi connectivity index (χ0v) is 36.5. The minimum absolute atomic E-state index is 0.0170. The quantitative estimate of drug-likeness (QED) is 0.0719. The van der Waals surface area contributed by atoms with E-state index in [0.717, 1.165) is 38.7 Å². The zero-order chi connectivity index (χ0) is 48.9. The predicted octanol–water partition coefficient (Wildman–Crippen LogP) is 13.3. The Morgan fingerprint density at radius 3 is 1.38 bits per heavy atom. The lowest BCUT2D eigenvalue weighted by atomic mass is 10.0. The minimum atomic E-state index is -4.99. The molecule has 0 saturated carbocycles. The molecule has 8 nitrogen and oxygen atoms in total. The van der Waals surface area contributed by atoms with Crippen molar-refractivity contribution >= 4 is 40.2 Å². The summed E-state index contributed by atoms with van der Waals surface area (Å²) in [5.41, 5.74) is -2.16. The largest absolute Gasteiger partial charge is 0.463 e. The Labute approximate surface area is 378 Å². The van der Waals surface area contributed by atoms with Gasteiger partial charge in [0.1, 0.15) is 13.2 Å². The van der Waals surface area contributed by atoms with Gasteiger partial charge in [-0.05, 0) is 126 Å². The number of carbonyl (C=O) groups is 3. The number of alkyl halides is 12. The first kappa shape index (κ1) is 51.3. The van der Waals surface area contributed by atoms with Crippen LogP contribution in [-0.4, -0.2) is 48.7 Å². The third-order valence-corrected chi connectivity index (χ3v) is 11.1. The Hall–Kier alpha value is -5.73. The fourth-order valence-electron chi connectivity index (χ4n) is 7.40. The van der Waals surface area contributed by atoms with Gasteiger partial charge in [-0.15, -0.1) is 0 Å². The van der Waals surface area contributed by atoms with E-state index >= 15 is 0 Å². The molecule has 0 aromatic heterocycles. The average molecular weight is 1010 g/mol. The van der Waals surface area contributed by atoms with Crippen molar-refractivity contribution in [2.45, 2.75) is 82.6 Å². The summed E-state index contributed by atoms with van der Waals surface area (Å²) >= 11 is 3.38. The number of halogens is 13. The molecule has 4 aromatic rings. The van der Waals surface area contributed by atoms with E-state index in [2.05, 4.69) is 15.9 Å². The van der Waals surface area contributed by atoms with E-state index in [1.165, 1.54) is 30.0 Å². The molecular weight excluding hydrogens is 972 g/mol. The van der Waals surface area contributed by atoms with Gasteiger partial charge in [-0.2, -0.15) is 52.7 Å². The first-order valence-corrected chi connectivity index (χ1v) is 20.6. The number of nitrogens with zero attached hydrogens (tertiary/aromatic N) is 2. The summed E-state index contributed by atoms with van der Waals surface area (Å²) in [6.45, 7) is 0.486. The standard InChI is InChI=1S/C25H23F6NO4.C20H16BrF6NO2/c1-3-35-22(33)9-5-15-4-7-20-17(10-15)6-8-21(20)32(2)23(34)36-14-16-11-18(24(26,27)28)13-19(12-16)25(29,30)31;1-28(17-5-2-12-8-15(21)3-4-16(12)17)18(29)30-10-11-6-13(19(22,23)24)9-14(7-11)20(25,26)27/h4-5,7,9-13,21H,3,6,8,14H2,1-2H3;3-4,6-9,17H,2,5,10H2,1H3/b9-5+;. The number of ether oxygens (including phenoxy) is 3. The van der Waals surface area contributed by atoms with E-state index < -0.39 is 89.5 Å². The predicted molar refractivity (Wildman–Crippen MR) is 217 cm³/mol. The topological polar surface area (TPSA) is 85.4 Å². The molecule has 2 aliphatic rings. The Morgan fingerprint density at radius 2 is 0.985 bits per heavy atom. The summed E-state index contributed by atoms with van der Waals surface area (Å²) < 4.78 is 172. The molecule has 4 aromatic carbocycles. The summed E-state index contributed by atoms with van der Waals surface area (Å²) in [5, 5.41) is 0. The SMILES string of the molecule is CCOC(=O)/C=C/c1ccc2c(c1)CCC2N(C)C(=O)OCc1cc(C(F)(F)F)cc(C(F)(F)F)c1.CN(C(=O)OCc1cc(C(F)(F)F)cc(C(F)(F)F)c1)C1CCc2cc(Br)ccc21. The lowest BCUT2D eigenvalue weighted by molar-refractivity contribution is -0.144. The molecule has 0 aliphatic heterocycles. The minimum Gasteiger partial charge on any atom is -0.463 e. The highest BCUT2D eigenvalue weighted by Gasteiger charge is 2.39. The van der Waals surface area contributed by atoms with E-state index in [9.17, 15) is 67.1 Å². The van der Waals surface area contributed by atoms with Gasteiger partial charge in [0.15, 0.2) is 0 Å². The summed E-state index contributed by atoms with van der Waals surface area (Å²) in [5.74, 6) is -0.471. The highest BCUT2D eigenvalue weighted by atomic mass is 79.9. The summed E-state index contributed by atoms with van der Waals surface area (Å²) in [6.07, 6.45) is -16.2. The van der Waals surface area contributed by atoms with Crippen LogP contribution in [0.2, 0.25) is 0 Å². The van der Waals surface area contributed by atoms with Crippen LogP contribution in [0.1, 0.15) is 93.0 Å². The molecule has 0 bridgehead atoms. The average Bonchev–Trinajstić information content (AvgIpc) is 3.86. The number of hydrogen-bond acceptors (Lipinski definition) is 6. The van der Waals surface area contributed by atoms with Crippen molar-refractivity contribution in [2.24, 2.45) is 0 Å². The first-order valence-electron chi connectivity index (χ1n) is 19.8. The van der Waals surface area contributed by atoms with Crippen molar-refractivity contribution in [1.29, 1.82) is 0 Å². The molecule has 2 amide bonds. The van der Waals surface area contributed by atoms with Gasteiger partial charge in [-0.25, -0.2) is 14.4 Å². The third-order valence-electron chi connectivity index (χ3n) is 10.6. The number of benzene rings is 4. The van der Waals surface area contributed by atoms with Crippen molar-refractivity contribution < 1.29 is 81.3 Å². The van der Waals surface area contributed by atoms with Crippen LogP contribution in [0.3, 0.4) is 0 Å². The van der Waals surface area contributed by atoms with Gasteiger partial charge >= 0.3 is 42.9 Å². The summed E-state index contributed by atoms with van der Waals surface area (Å²) in [4.78, 5) is 39.0. The molecule has 0 N–H and O–H groups in total. The fourth-order valence-corrected chi connectivity index (χ4v) is 7.80. The van der Waals surface area contributed by atoms with Crippen molar-refractivity contribution in [3.05, 3.63) is 145 Å². The van der Waals surface area contributed by atoms with Gasteiger partial charge in [0.25, 0.3) is 0 Å². The van der Waals surface area contributed by atoms with E-state index in [4.69, 9.17) is 14.2 Å². The van der Waals surface area contributed by atoms with E-state index in [1.54, 1.807) is 25.1 Å². The maximum absolute atomic E-state index is 13.0. The first-order chi connectivity index (χ1) is 30.6. The lowest BCUT2D eigenvalue weighted by Gasteiger charge is -2.25. The van der Waals surface area contributed by atoms with Crippen LogP contribution < -0.4 is 0 Å². The molecule has 21 heteroatoms. The number of rotatable bonds is 9. The van der Waals surface area contributed by atoms with Crippen molar-refractivity contribution in [3.8, 4) is 0 Å². The number of amides is 2. The van der Waals surface area contributed by atoms with E-state index in [-0.39, 0.29) is 30.8 Å². The van der Waals surface area contributed by atoms with Gasteiger partial charge in [-0.3, -0.25) is 0 Å². The molecule has 0 saturated heterocycles. The van der Waals surface area contributed by atoms with Crippen molar-refractivity contribution in [2.75, 3.05) is 20.7 Å². The fraction of sp³-hybridized carbons (Fsp3) is 0.356. The monoisotopic (exact) mass is 1010 g/mol. The van der Waals surface area contributed by atoms with Crippen molar-refractivity contribution in [3.63, 3.8) is 0 Å². The van der Waals surface area contributed by atoms with Crippen LogP contribution in [0.25, 0.3) is 6.08 Å². The van der Waals surface area contributed by atoms with Gasteiger partial charge in [0.2, 0.25) is 0 Å². The highest BCUT2D eigenvalue weighted by Crippen LogP contribution is 2.40. The van der Waals surface area contributed by atoms with Crippen LogP contribution in [0, 0.1) is 0 Å². The summed E-state index contributed by atoms with van der Waals surface area (Å²) in [7, 11) is 2.93. The Kier molecular flexibility index (Phi) is 15.9. The maximum Gasteiger partial charge on any atom is 0.416 e. The Morgan fingerprint density at radius 1 is 0.591 bits per heavy atom. The van der Waals surface area contributed by atoms with Crippen LogP contribution in [0.4, 0.5) is 62.3 Å². The number of aryl methyl sites for hydroxylation is 2. The molecule has 66 heavy (non-hydrogen) atoms. The second-order valence-corrected chi connectivity index (χ2v) is 16.1. The Bertz CT molecular complexity index is 2390. The number of esters is 1. The Balaban J connectivity index is 0.000000251. The molecule has 0 radical (unpaired) electrons. The molecule has 0 fully saturated rings. The maximum atomic E-state index is 13.0. The molecule has 356 valence electrons. The number of fused-ring (bicyclic) bond motifs is 2. The van der Waals surface area contributed by atoms with Gasteiger partial charge < -0.3 is 24.0 Å². The van der Waals surface area contributed by atoms with Crippen molar-refractivity contribution in [1.82, 2.24) is 9.80 Å². The normalized spacial score (nSPS) is 15.9. The molecule has 0 heterocycles. The second kappa shape index (κ2) is 20.4.